The first kappa shape index (κ1) is 24.9. The van der Waals surface area contributed by atoms with E-state index in [0.29, 0.717) is 5.56 Å². The molecule has 0 saturated carbocycles. The van der Waals surface area contributed by atoms with Gasteiger partial charge in [0.1, 0.15) is 0 Å². The molecule has 0 aromatic heterocycles. The van der Waals surface area contributed by atoms with Crippen molar-refractivity contribution in [1.29, 1.82) is 0 Å². The molecule has 3 rings (SSSR count). The molecule has 1 atom stereocenters. The average molecular weight is 483 g/mol. The SMILES string of the molecule is COC(=O)C1=CN(Cc2c(F)c(F)c(F)c(F)c2F)C(OCc2ccccc2)C(C(=O)OC)=C1. The van der Waals surface area contributed by atoms with Gasteiger partial charge in [0, 0.05) is 11.8 Å². The normalized spacial score (nSPS) is 15.5. The van der Waals surface area contributed by atoms with Gasteiger partial charge in [-0.2, -0.15) is 0 Å². The molecule has 180 valence electrons. The molecular formula is C23H18F5NO5. The van der Waals surface area contributed by atoms with Gasteiger partial charge in [-0.3, -0.25) is 0 Å². The zero-order valence-corrected chi connectivity index (χ0v) is 17.9. The van der Waals surface area contributed by atoms with Crippen molar-refractivity contribution in [3.8, 4) is 0 Å². The minimum Gasteiger partial charge on any atom is -0.466 e. The Hall–Kier alpha value is -3.73. The summed E-state index contributed by atoms with van der Waals surface area (Å²) in [6.07, 6.45) is 0.727. The fourth-order valence-electron chi connectivity index (χ4n) is 3.24. The minimum atomic E-state index is -2.31. The maximum atomic E-state index is 14.4. The number of hydrogen-bond acceptors (Lipinski definition) is 6. The Kier molecular flexibility index (Phi) is 7.67. The Labute approximate surface area is 190 Å². The third-order valence-electron chi connectivity index (χ3n) is 4.92. The van der Waals surface area contributed by atoms with E-state index in [1.165, 1.54) is 0 Å². The lowest BCUT2D eigenvalue weighted by atomic mass is 10.0. The second kappa shape index (κ2) is 10.5. The summed E-state index contributed by atoms with van der Waals surface area (Å²) in [5, 5.41) is 0. The van der Waals surface area contributed by atoms with E-state index < -0.39 is 59.4 Å². The first-order chi connectivity index (χ1) is 16.2. The highest BCUT2D eigenvalue weighted by atomic mass is 19.2. The molecule has 1 aliphatic rings. The van der Waals surface area contributed by atoms with Crippen LogP contribution in [0, 0.1) is 29.1 Å². The fourth-order valence-corrected chi connectivity index (χ4v) is 3.24. The van der Waals surface area contributed by atoms with Gasteiger partial charge in [0.25, 0.3) is 0 Å². The Morgan fingerprint density at radius 2 is 1.41 bits per heavy atom. The molecule has 2 aromatic carbocycles. The van der Waals surface area contributed by atoms with Crippen LogP contribution in [0.1, 0.15) is 11.1 Å². The predicted molar refractivity (Wildman–Crippen MR) is 107 cm³/mol. The van der Waals surface area contributed by atoms with Gasteiger partial charge in [0.15, 0.2) is 29.5 Å². The highest BCUT2D eigenvalue weighted by Crippen LogP contribution is 2.30. The summed E-state index contributed by atoms with van der Waals surface area (Å²) in [5.74, 6) is -12.6. The molecule has 1 aliphatic heterocycles. The molecule has 0 radical (unpaired) electrons. The Morgan fingerprint density at radius 3 is 1.97 bits per heavy atom. The zero-order chi connectivity index (χ0) is 25.0. The monoisotopic (exact) mass is 483 g/mol. The lowest BCUT2D eigenvalue weighted by Crippen LogP contribution is -2.41. The van der Waals surface area contributed by atoms with Crippen molar-refractivity contribution in [3.05, 3.63) is 94.0 Å². The van der Waals surface area contributed by atoms with E-state index in [9.17, 15) is 31.5 Å². The lowest BCUT2D eigenvalue weighted by Gasteiger charge is -2.34. The van der Waals surface area contributed by atoms with E-state index >= 15 is 0 Å². The van der Waals surface area contributed by atoms with Crippen LogP contribution in [0.3, 0.4) is 0 Å². The molecule has 0 spiro atoms. The Balaban J connectivity index is 2.07. The van der Waals surface area contributed by atoms with Crippen LogP contribution in [0.2, 0.25) is 0 Å². The van der Waals surface area contributed by atoms with Gasteiger partial charge in [-0.1, -0.05) is 30.3 Å². The van der Waals surface area contributed by atoms with Gasteiger partial charge >= 0.3 is 11.9 Å². The quantitative estimate of drug-likeness (QED) is 0.258. The molecule has 1 unspecified atom stereocenters. The first-order valence-corrected chi connectivity index (χ1v) is 9.71. The van der Waals surface area contributed by atoms with Crippen LogP contribution in [0.5, 0.6) is 0 Å². The topological polar surface area (TPSA) is 65.1 Å². The van der Waals surface area contributed by atoms with Crippen molar-refractivity contribution in [3.63, 3.8) is 0 Å². The van der Waals surface area contributed by atoms with E-state index in [1.54, 1.807) is 30.3 Å². The van der Waals surface area contributed by atoms with Gasteiger partial charge in [0.05, 0.1) is 38.5 Å². The number of nitrogens with zero attached hydrogens (tertiary/aromatic N) is 1. The Morgan fingerprint density at radius 1 is 0.853 bits per heavy atom. The maximum absolute atomic E-state index is 14.4. The maximum Gasteiger partial charge on any atom is 0.339 e. The van der Waals surface area contributed by atoms with Gasteiger partial charge in [-0.15, -0.1) is 0 Å². The molecule has 6 nitrogen and oxygen atoms in total. The van der Waals surface area contributed by atoms with E-state index in [2.05, 4.69) is 4.74 Å². The molecule has 0 N–H and O–H groups in total. The van der Waals surface area contributed by atoms with Crippen molar-refractivity contribution in [2.45, 2.75) is 19.4 Å². The number of methoxy groups -OCH3 is 2. The molecule has 2 aromatic rings. The standard InChI is InChI=1S/C23H18F5NO5/c1-32-22(30)13-8-14(23(31)33-2)21(34-11-12-6-4-3-5-7-12)29(9-13)10-15-16(24)18(26)20(28)19(27)17(15)25/h3-9,21H,10-11H2,1-2H3. The van der Waals surface area contributed by atoms with Crippen LogP contribution in [0.25, 0.3) is 0 Å². The van der Waals surface area contributed by atoms with E-state index in [-0.39, 0.29) is 17.8 Å². The third-order valence-corrected chi connectivity index (χ3v) is 4.92. The number of benzene rings is 2. The molecule has 0 saturated heterocycles. The number of hydrogen-bond donors (Lipinski definition) is 0. The number of ether oxygens (including phenoxy) is 3. The van der Waals surface area contributed by atoms with Crippen molar-refractivity contribution in [2.75, 3.05) is 14.2 Å². The number of esters is 2. The fraction of sp³-hybridized carbons (Fsp3) is 0.217. The van der Waals surface area contributed by atoms with Crippen LogP contribution in [-0.4, -0.2) is 37.3 Å². The van der Waals surface area contributed by atoms with Gasteiger partial charge in [-0.25, -0.2) is 31.5 Å². The molecule has 0 bridgehead atoms. The van der Waals surface area contributed by atoms with Crippen LogP contribution in [0.4, 0.5) is 22.0 Å². The summed E-state index contributed by atoms with van der Waals surface area (Å²) in [7, 11) is 2.11. The van der Waals surface area contributed by atoms with Crippen molar-refractivity contribution in [1.82, 2.24) is 4.90 Å². The second-order valence-corrected chi connectivity index (χ2v) is 7.04. The average Bonchev–Trinajstić information content (AvgIpc) is 2.87. The summed E-state index contributed by atoms with van der Waals surface area (Å²) in [5.41, 5.74) is -1.03. The van der Waals surface area contributed by atoms with Crippen LogP contribution < -0.4 is 0 Å². The number of rotatable bonds is 7. The molecular weight excluding hydrogens is 465 g/mol. The summed E-state index contributed by atoms with van der Waals surface area (Å²) in [6, 6.07) is 8.60. The van der Waals surface area contributed by atoms with Crippen LogP contribution in [0.15, 0.2) is 53.8 Å². The highest BCUT2D eigenvalue weighted by Gasteiger charge is 2.35. The number of halogens is 5. The van der Waals surface area contributed by atoms with Crippen molar-refractivity contribution >= 4 is 11.9 Å². The van der Waals surface area contributed by atoms with Gasteiger partial charge in [0.2, 0.25) is 5.82 Å². The van der Waals surface area contributed by atoms with Crippen LogP contribution >= 0.6 is 0 Å². The molecule has 0 fully saturated rings. The Bertz CT molecular complexity index is 1140. The first-order valence-electron chi connectivity index (χ1n) is 9.71. The molecule has 1 heterocycles. The van der Waals surface area contributed by atoms with E-state index in [1.807, 2.05) is 0 Å². The molecule has 0 aliphatic carbocycles. The van der Waals surface area contributed by atoms with Gasteiger partial charge < -0.3 is 19.1 Å². The summed E-state index contributed by atoms with van der Waals surface area (Å²) in [6.45, 7) is -1.05. The highest BCUT2D eigenvalue weighted by molar-refractivity contribution is 5.97. The summed E-state index contributed by atoms with van der Waals surface area (Å²) < 4.78 is 84.9. The molecule has 34 heavy (non-hydrogen) atoms. The molecule has 0 amide bonds. The minimum absolute atomic E-state index is 0.102. The zero-order valence-electron chi connectivity index (χ0n) is 17.9. The van der Waals surface area contributed by atoms with E-state index in [0.717, 1.165) is 31.4 Å². The summed E-state index contributed by atoms with van der Waals surface area (Å²) in [4.78, 5) is 25.5. The predicted octanol–water partition coefficient (Wildman–Crippen LogP) is 3.90. The second-order valence-electron chi connectivity index (χ2n) is 7.04. The van der Waals surface area contributed by atoms with Crippen LogP contribution in [-0.2, 0) is 37.0 Å². The third kappa shape index (κ3) is 4.93. The lowest BCUT2D eigenvalue weighted by molar-refractivity contribution is -0.140. The number of carbonyl (C=O) groups excluding carboxylic acids is 2. The smallest absolute Gasteiger partial charge is 0.339 e. The molecule has 11 heteroatoms. The largest absolute Gasteiger partial charge is 0.466 e. The van der Waals surface area contributed by atoms with Crippen molar-refractivity contribution < 1.29 is 45.8 Å². The number of carbonyl (C=O) groups is 2. The van der Waals surface area contributed by atoms with Gasteiger partial charge in [-0.05, 0) is 11.6 Å². The van der Waals surface area contributed by atoms with E-state index in [4.69, 9.17) is 9.47 Å². The summed E-state index contributed by atoms with van der Waals surface area (Å²) >= 11 is 0. The van der Waals surface area contributed by atoms with Crippen molar-refractivity contribution in [2.24, 2.45) is 0 Å².